The van der Waals surface area contributed by atoms with Crippen LogP contribution in [0.15, 0.2) is 108 Å². The Morgan fingerprint density at radius 1 is 0.357 bits per heavy atom. The number of hydrogen-bond donors (Lipinski definition) is 0. The predicted octanol–water partition coefficient (Wildman–Crippen LogP) is 15.0. The maximum absolute atomic E-state index is 2.71. The minimum atomic E-state index is -2.49. The van der Waals surface area contributed by atoms with Crippen molar-refractivity contribution in [3.05, 3.63) is 175 Å². The van der Waals surface area contributed by atoms with Crippen LogP contribution in [0, 0.1) is 55.4 Å². The molecule has 0 bridgehead atoms. The van der Waals surface area contributed by atoms with Gasteiger partial charge in [0.2, 0.25) is 0 Å². The zero-order chi connectivity index (χ0) is 39.7. The van der Waals surface area contributed by atoms with Gasteiger partial charge in [0, 0.05) is 0 Å². The molecule has 0 saturated heterocycles. The number of fused-ring (bicyclic) bond motifs is 2. The summed E-state index contributed by atoms with van der Waals surface area (Å²) in [5, 5.41) is 0. The van der Waals surface area contributed by atoms with E-state index in [9.17, 15) is 0 Å². The molecule has 0 aliphatic heterocycles. The normalized spacial score (nSPS) is 15.9. The molecule has 2 atom stereocenters. The Morgan fingerprint density at radius 2 is 0.607 bits per heavy atom. The summed E-state index contributed by atoms with van der Waals surface area (Å²) in [4.78, 5) is 0. The molecule has 0 saturated carbocycles. The fourth-order valence-corrected chi connectivity index (χ4v) is 33.7. The molecule has 0 fully saturated rings. The molecule has 2 aliphatic carbocycles. The van der Waals surface area contributed by atoms with Crippen LogP contribution in [0.4, 0.5) is 0 Å². The summed E-state index contributed by atoms with van der Waals surface area (Å²) in [6.45, 7) is 28.4. The Bertz CT molecular complexity index is 2370. The second kappa shape index (κ2) is 15.0. The van der Waals surface area contributed by atoms with Gasteiger partial charge in [0.15, 0.2) is 0 Å². The van der Waals surface area contributed by atoms with E-state index in [0.29, 0.717) is 7.25 Å². The van der Waals surface area contributed by atoms with Crippen LogP contribution in [-0.4, -0.2) is 5.92 Å². The van der Waals surface area contributed by atoms with Crippen molar-refractivity contribution in [1.82, 2.24) is 0 Å². The van der Waals surface area contributed by atoms with Crippen LogP contribution in [-0.2, 0) is 20.9 Å². The first-order valence-corrected chi connectivity index (χ1v) is 30.6. The maximum atomic E-state index is 2.71. The Labute approximate surface area is 345 Å². The molecular weight excluding hydrogens is 768 g/mol. The standard InChI is InChI=1S/2C26H25.C2H7Si.Zr/c2*1-16-8-17(2)11-21(10-16)23-6-7-24(26-15-20(5)14-25(23)26)22-12-18(3)9-19(4)13-22;1-3-2;/h2*6-15H,1-5H3;3H,1-2H3;. The molecule has 0 N–H and O–H groups in total. The van der Waals surface area contributed by atoms with Crippen molar-refractivity contribution in [3.63, 3.8) is 0 Å². The summed E-state index contributed by atoms with van der Waals surface area (Å²) in [5.74, 6) is -1.15. The van der Waals surface area contributed by atoms with Crippen LogP contribution in [0.1, 0.15) is 87.9 Å². The summed E-state index contributed by atoms with van der Waals surface area (Å²) in [6.07, 6.45) is 5.25. The third-order valence-corrected chi connectivity index (χ3v) is 34.3. The molecule has 2 heteroatoms. The van der Waals surface area contributed by atoms with Crippen LogP contribution in [0.25, 0.3) is 56.7 Å². The molecule has 6 aromatic rings. The van der Waals surface area contributed by atoms with Gasteiger partial charge in [-0.1, -0.05) is 0 Å². The topological polar surface area (TPSA) is 0 Å². The zero-order valence-electron chi connectivity index (χ0n) is 35.6. The van der Waals surface area contributed by atoms with E-state index in [1.807, 2.05) is 0 Å². The monoisotopic (exact) mass is 823 g/mol. The molecule has 0 radical (unpaired) electrons. The summed E-state index contributed by atoms with van der Waals surface area (Å²) in [5.41, 5.74) is 31.2. The first-order valence-electron chi connectivity index (χ1n) is 20.6. The van der Waals surface area contributed by atoms with Crippen molar-refractivity contribution in [3.8, 4) is 44.5 Å². The Morgan fingerprint density at radius 3 is 0.875 bits per heavy atom. The second-order valence-electron chi connectivity index (χ2n) is 17.8. The average Bonchev–Trinajstić information content (AvgIpc) is 3.62. The Kier molecular flexibility index (Phi) is 10.4. The number of aryl methyl sites for hydroxylation is 8. The molecule has 56 heavy (non-hydrogen) atoms. The summed E-state index contributed by atoms with van der Waals surface area (Å²) in [7, 11) is 0. The number of allylic oxidation sites excluding steroid dienone is 2. The van der Waals surface area contributed by atoms with Crippen LogP contribution in [0.2, 0.25) is 13.1 Å². The van der Waals surface area contributed by atoms with Crippen molar-refractivity contribution >= 4 is 18.1 Å². The molecule has 6 aromatic carbocycles. The van der Waals surface area contributed by atoms with E-state index in [1.54, 1.807) is 22.3 Å². The summed E-state index contributed by atoms with van der Waals surface area (Å²) < 4.78 is 1.02. The average molecular weight is 825 g/mol. The molecule has 8 rings (SSSR count). The van der Waals surface area contributed by atoms with Gasteiger partial charge >= 0.3 is 348 Å². The van der Waals surface area contributed by atoms with Gasteiger partial charge in [-0.25, -0.2) is 0 Å². The van der Waals surface area contributed by atoms with Crippen LogP contribution < -0.4 is 0 Å². The van der Waals surface area contributed by atoms with E-state index in [1.165, 1.54) is 100 Å². The van der Waals surface area contributed by atoms with E-state index >= 15 is 0 Å². The predicted molar refractivity (Wildman–Crippen MR) is 244 cm³/mol. The third kappa shape index (κ3) is 7.07. The summed E-state index contributed by atoms with van der Waals surface area (Å²) >= 11 is -2.49. The molecule has 0 amide bonds. The van der Waals surface area contributed by atoms with Gasteiger partial charge in [-0.15, -0.1) is 0 Å². The van der Waals surface area contributed by atoms with Gasteiger partial charge in [-0.3, -0.25) is 0 Å². The first-order chi connectivity index (χ1) is 26.7. The quantitative estimate of drug-likeness (QED) is 0.141. The van der Waals surface area contributed by atoms with Crippen LogP contribution in [0.5, 0.6) is 0 Å². The van der Waals surface area contributed by atoms with Crippen molar-refractivity contribution in [2.75, 3.05) is 0 Å². The van der Waals surface area contributed by atoms with Crippen LogP contribution >= 0.6 is 0 Å². The molecular formula is C54H57SiZr. The first kappa shape index (κ1) is 38.8. The van der Waals surface area contributed by atoms with E-state index in [2.05, 4.69) is 192 Å². The Balaban J connectivity index is 1.40. The molecule has 2 aliphatic rings. The molecule has 281 valence electrons. The summed E-state index contributed by atoms with van der Waals surface area (Å²) in [6, 6.07) is 38.5. The van der Waals surface area contributed by atoms with Gasteiger partial charge in [0.25, 0.3) is 0 Å². The molecule has 0 aromatic heterocycles. The van der Waals surface area contributed by atoms with Gasteiger partial charge in [-0.05, 0) is 0 Å². The SMILES string of the molecule is CC1=Cc2c(-c3cc(C)cc(C)c3)ccc(-c3cc(C)cc(C)c3)c2[CH]1[Zr]([CH]1C(C)=Cc2c(-c3cc(C)cc(C)c3)ccc(-c3cc(C)cc(C)c3)c21)[SiH](C)C. The number of benzene rings is 6. The number of hydrogen-bond acceptors (Lipinski definition) is 0. The van der Waals surface area contributed by atoms with E-state index in [4.69, 9.17) is 0 Å². The van der Waals surface area contributed by atoms with Gasteiger partial charge in [-0.2, -0.15) is 0 Å². The van der Waals surface area contributed by atoms with E-state index < -0.39 is 26.8 Å². The minimum absolute atomic E-state index is 0.511. The second-order valence-corrected chi connectivity index (χ2v) is 37.8. The van der Waals surface area contributed by atoms with Crippen molar-refractivity contribution in [2.45, 2.75) is 89.6 Å². The molecule has 0 spiro atoms. The van der Waals surface area contributed by atoms with E-state index in [0.717, 1.165) is 0 Å². The van der Waals surface area contributed by atoms with Crippen molar-refractivity contribution in [2.24, 2.45) is 0 Å². The molecule has 0 nitrogen and oxygen atoms in total. The fourth-order valence-electron chi connectivity index (χ4n) is 10.5. The van der Waals surface area contributed by atoms with Crippen molar-refractivity contribution < 1.29 is 20.9 Å². The van der Waals surface area contributed by atoms with E-state index in [-0.39, 0.29) is 0 Å². The van der Waals surface area contributed by atoms with Crippen molar-refractivity contribution in [1.29, 1.82) is 0 Å². The van der Waals surface area contributed by atoms with Crippen LogP contribution in [0.3, 0.4) is 0 Å². The van der Waals surface area contributed by atoms with Gasteiger partial charge in [0.1, 0.15) is 0 Å². The molecule has 0 heterocycles. The van der Waals surface area contributed by atoms with Gasteiger partial charge < -0.3 is 0 Å². The Hall–Kier alpha value is -4.10. The molecule has 2 unspecified atom stereocenters. The van der Waals surface area contributed by atoms with Gasteiger partial charge in [0.05, 0.1) is 0 Å². The third-order valence-electron chi connectivity index (χ3n) is 12.3. The number of rotatable bonds is 7. The fraction of sp³-hybridized carbons (Fsp3) is 0.259. The zero-order valence-corrected chi connectivity index (χ0v) is 39.2.